The lowest BCUT2D eigenvalue weighted by atomic mass is 9.97. The van der Waals surface area contributed by atoms with E-state index in [1.165, 1.54) is 6.92 Å². The zero-order chi connectivity index (χ0) is 13.1. The first-order chi connectivity index (χ1) is 8.60. The van der Waals surface area contributed by atoms with Crippen LogP contribution >= 0.6 is 11.6 Å². The molecule has 18 heavy (non-hydrogen) atoms. The number of ether oxygens (including phenoxy) is 2. The van der Waals surface area contributed by atoms with Crippen LogP contribution in [0.3, 0.4) is 0 Å². The lowest BCUT2D eigenvalue weighted by Gasteiger charge is -2.24. The number of rotatable bonds is 2. The van der Waals surface area contributed by atoms with Crippen LogP contribution in [0.5, 0.6) is 5.75 Å². The fraction of sp³-hybridized carbons (Fsp3) is 0.385. The van der Waals surface area contributed by atoms with Crippen molar-refractivity contribution in [3.05, 3.63) is 28.8 Å². The van der Waals surface area contributed by atoms with E-state index in [-0.39, 0.29) is 12.5 Å². The molecular formula is C13H12ClNO3. The molecule has 0 saturated carbocycles. The van der Waals surface area contributed by atoms with Crippen molar-refractivity contribution >= 4 is 17.6 Å². The summed E-state index contributed by atoms with van der Waals surface area (Å²) in [5.74, 6) is -0.0433. The molecule has 0 amide bonds. The summed E-state index contributed by atoms with van der Waals surface area (Å²) >= 11 is 5.90. The molecular weight excluding hydrogens is 254 g/mol. The van der Waals surface area contributed by atoms with Gasteiger partial charge in [-0.25, -0.2) is 0 Å². The summed E-state index contributed by atoms with van der Waals surface area (Å²) in [6.45, 7) is 1.80. The molecule has 1 aliphatic rings. The van der Waals surface area contributed by atoms with Gasteiger partial charge in [0.05, 0.1) is 5.92 Å². The lowest BCUT2D eigenvalue weighted by Crippen LogP contribution is -2.31. The Labute approximate surface area is 110 Å². The molecule has 0 spiro atoms. The summed E-state index contributed by atoms with van der Waals surface area (Å²) < 4.78 is 10.5. The molecule has 0 aliphatic carbocycles. The van der Waals surface area contributed by atoms with Crippen LogP contribution in [0.15, 0.2) is 18.2 Å². The Morgan fingerprint density at radius 2 is 2.44 bits per heavy atom. The third kappa shape index (κ3) is 2.74. The molecule has 0 unspecified atom stereocenters. The monoisotopic (exact) mass is 265 g/mol. The van der Waals surface area contributed by atoms with Crippen LogP contribution in [-0.4, -0.2) is 18.7 Å². The number of halogens is 1. The van der Waals surface area contributed by atoms with E-state index < -0.39 is 12.1 Å². The molecule has 2 atom stereocenters. The van der Waals surface area contributed by atoms with Crippen molar-refractivity contribution < 1.29 is 14.3 Å². The molecule has 0 N–H and O–H groups in total. The van der Waals surface area contributed by atoms with Crippen LogP contribution in [0.4, 0.5) is 0 Å². The SMILES string of the molecule is C[C@@H](C#N)OC(=O)[C@@H]1COc2ccc(Cl)cc2C1. The zero-order valence-corrected chi connectivity index (χ0v) is 10.6. The molecule has 5 heteroatoms. The van der Waals surface area contributed by atoms with Gasteiger partial charge in [0.1, 0.15) is 18.4 Å². The molecule has 4 nitrogen and oxygen atoms in total. The maximum atomic E-state index is 11.8. The number of hydrogen-bond acceptors (Lipinski definition) is 4. The second-order valence-electron chi connectivity index (χ2n) is 4.17. The van der Waals surface area contributed by atoms with E-state index >= 15 is 0 Å². The minimum absolute atomic E-state index is 0.269. The Kier molecular flexibility index (Phi) is 3.73. The van der Waals surface area contributed by atoms with Gasteiger partial charge in [0.25, 0.3) is 0 Å². The fourth-order valence-corrected chi connectivity index (χ4v) is 2.01. The minimum atomic E-state index is -0.738. The average Bonchev–Trinajstić information content (AvgIpc) is 2.37. The number of benzene rings is 1. The van der Waals surface area contributed by atoms with Crippen molar-refractivity contribution in [2.75, 3.05) is 6.61 Å². The van der Waals surface area contributed by atoms with Crippen LogP contribution < -0.4 is 4.74 Å². The molecule has 0 radical (unpaired) electrons. The van der Waals surface area contributed by atoms with Crippen LogP contribution in [0.2, 0.25) is 5.02 Å². The molecule has 1 heterocycles. The maximum Gasteiger partial charge on any atom is 0.314 e. The Hall–Kier alpha value is -1.73. The van der Waals surface area contributed by atoms with Gasteiger partial charge in [-0.3, -0.25) is 4.79 Å². The van der Waals surface area contributed by atoms with Crippen LogP contribution in [-0.2, 0) is 16.0 Å². The van der Waals surface area contributed by atoms with Gasteiger partial charge in [-0.15, -0.1) is 0 Å². The average molecular weight is 266 g/mol. The van der Waals surface area contributed by atoms with Crippen LogP contribution in [0.1, 0.15) is 12.5 Å². The van der Waals surface area contributed by atoms with Gasteiger partial charge in [0.15, 0.2) is 6.10 Å². The van der Waals surface area contributed by atoms with Crippen LogP contribution in [0.25, 0.3) is 0 Å². The quantitative estimate of drug-likeness (QED) is 0.770. The van der Waals surface area contributed by atoms with Gasteiger partial charge in [0, 0.05) is 5.02 Å². The topological polar surface area (TPSA) is 59.3 Å². The number of nitrogens with zero attached hydrogens (tertiary/aromatic N) is 1. The summed E-state index contributed by atoms with van der Waals surface area (Å²) in [7, 11) is 0. The normalized spacial score (nSPS) is 19.1. The van der Waals surface area contributed by atoms with Crippen molar-refractivity contribution in [3.8, 4) is 11.8 Å². The summed E-state index contributed by atoms with van der Waals surface area (Å²) in [5.41, 5.74) is 0.889. The number of carbonyl (C=O) groups is 1. The molecule has 0 saturated heterocycles. The summed E-state index contributed by atoms with van der Waals surface area (Å²) in [6.07, 6.45) is -0.217. The first-order valence-electron chi connectivity index (χ1n) is 5.61. The van der Waals surface area contributed by atoms with Crippen molar-refractivity contribution in [2.24, 2.45) is 5.92 Å². The van der Waals surface area contributed by atoms with Gasteiger partial charge in [-0.2, -0.15) is 5.26 Å². The van der Waals surface area contributed by atoms with Gasteiger partial charge in [0.2, 0.25) is 0 Å². The van der Waals surface area contributed by atoms with Gasteiger partial charge >= 0.3 is 5.97 Å². The second-order valence-corrected chi connectivity index (χ2v) is 4.61. The third-order valence-electron chi connectivity index (χ3n) is 2.74. The highest BCUT2D eigenvalue weighted by Crippen LogP contribution is 2.30. The number of carbonyl (C=O) groups excluding carboxylic acids is 1. The molecule has 0 bridgehead atoms. The molecule has 0 fully saturated rings. The fourth-order valence-electron chi connectivity index (χ4n) is 1.81. The van der Waals surface area contributed by atoms with Gasteiger partial charge in [-0.05, 0) is 37.1 Å². The van der Waals surface area contributed by atoms with Crippen molar-refractivity contribution in [3.63, 3.8) is 0 Å². The minimum Gasteiger partial charge on any atom is -0.492 e. The van der Waals surface area contributed by atoms with Gasteiger partial charge in [-0.1, -0.05) is 11.6 Å². The van der Waals surface area contributed by atoms with E-state index in [0.29, 0.717) is 11.4 Å². The third-order valence-corrected chi connectivity index (χ3v) is 2.97. The zero-order valence-electron chi connectivity index (χ0n) is 9.85. The first kappa shape index (κ1) is 12.7. The van der Waals surface area contributed by atoms with Crippen molar-refractivity contribution in [1.82, 2.24) is 0 Å². The van der Waals surface area contributed by atoms with E-state index in [9.17, 15) is 4.79 Å². The number of esters is 1. The summed E-state index contributed by atoms with van der Waals surface area (Å²) in [4.78, 5) is 11.8. The first-order valence-corrected chi connectivity index (χ1v) is 5.99. The number of fused-ring (bicyclic) bond motifs is 1. The highest BCUT2D eigenvalue weighted by atomic mass is 35.5. The lowest BCUT2D eigenvalue weighted by molar-refractivity contribution is -0.152. The maximum absolute atomic E-state index is 11.8. The highest BCUT2D eigenvalue weighted by molar-refractivity contribution is 6.30. The van der Waals surface area contributed by atoms with Crippen molar-refractivity contribution in [2.45, 2.75) is 19.4 Å². The second kappa shape index (κ2) is 5.28. The van der Waals surface area contributed by atoms with E-state index in [1.807, 2.05) is 6.07 Å². The predicted octanol–water partition coefficient (Wildman–Crippen LogP) is 2.35. The van der Waals surface area contributed by atoms with E-state index in [1.54, 1.807) is 18.2 Å². The molecule has 1 aromatic carbocycles. The number of hydrogen-bond donors (Lipinski definition) is 0. The Bertz CT molecular complexity index is 509. The highest BCUT2D eigenvalue weighted by Gasteiger charge is 2.28. The summed E-state index contributed by atoms with van der Waals surface area (Å²) in [6, 6.07) is 7.18. The standard InChI is InChI=1S/C13H12ClNO3/c1-8(6-15)18-13(16)10-4-9-5-11(14)2-3-12(9)17-7-10/h2-3,5,8,10H,4,7H2,1H3/t8-,10-/m0/s1. The van der Waals surface area contributed by atoms with E-state index in [2.05, 4.69) is 0 Å². The molecule has 94 valence electrons. The molecule has 2 rings (SSSR count). The Morgan fingerprint density at radius 3 is 3.17 bits per heavy atom. The number of nitriles is 1. The van der Waals surface area contributed by atoms with E-state index in [0.717, 1.165) is 11.3 Å². The Morgan fingerprint density at radius 1 is 1.67 bits per heavy atom. The van der Waals surface area contributed by atoms with Crippen molar-refractivity contribution in [1.29, 1.82) is 5.26 Å². The largest absolute Gasteiger partial charge is 0.492 e. The van der Waals surface area contributed by atoms with Crippen LogP contribution in [0, 0.1) is 17.2 Å². The molecule has 1 aliphatic heterocycles. The van der Waals surface area contributed by atoms with Gasteiger partial charge < -0.3 is 9.47 Å². The van der Waals surface area contributed by atoms with E-state index in [4.69, 9.17) is 26.3 Å². The Balaban J connectivity index is 2.07. The summed E-state index contributed by atoms with van der Waals surface area (Å²) in [5, 5.41) is 9.21. The predicted molar refractivity (Wildman–Crippen MR) is 65.3 cm³/mol. The smallest absolute Gasteiger partial charge is 0.314 e. The molecule has 0 aromatic heterocycles. The molecule has 1 aromatic rings.